The number of carbonyl (C=O) groups excluding carboxylic acids is 2. The lowest BCUT2D eigenvalue weighted by Gasteiger charge is -2.28. The van der Waals surface area contributed by atoms with Gasteiger partial charge in [-0.2, -0.15) is 0 Å². The van der Waals surface area contributed by atoms with Crippen molar-refractivity contribution in [2.24, 2.45) is 0 Å². The van der Waals surface area contributed by atoms with Crippen LogP contribution in [0.25, 0.3) is 0 Å². The molecule has 45 heavy (non-hydrogen) atoms. The molecule has 0 radical (unpaired) electrons. The van der Waals surface area contributed by atoms with E-state index in [2.05, 4.69) is 15.4 Å². The Balaban J connectivity index is 1.92. The number of hydrogen-bond acceptors (Lipinski definition) is 8. The van der Waals surface area contributed by atoms with E-state index in [0.717, 1.165) is 11.8 Å². The molecule has 3 aromatic rings. The largest absolute Gasteiger partial charge is 0.497 e. The number of rotatable bonds is 14. The molecule has 4 N–H and O–H groups in total. The van der Waals surface area contributed by atoms with Gasteiger partial charge < -0.3 is 20.5 Å². The van der Waals surface area contributed by atoms with Crippen LogP contribution in [0.3, 0.4) is 0 Å². The monoisotopic (exact) mass is 659 g/mol. The van der Waals surface area contributed by atoms with Crippen LogP contribution in [0.4, 0.5) is 0 Å². The van der Waals surface area contributed by atoms with Crippen molar-refractivity contribution in [3.63, 3.8) is 0 Å². The number of hydrogen-bond donors (Lipinski definition) is 4. The smallest absolute Gasteiger partial charge is 0.251 e. The maximum atomic E-state index is 13.6. The fourth-order valence-electron chi connectivity index (χ4n) is 4.65. The summed E-state index contributed by atoms with van der Waals surface area (Å²) in [6.07, 6.45) is -0.306. The third kappa shape index (κ3) is 11.3. The van der Waals surface area contributed by atoms with Gasteiger partial charge >= 0.3 is 0 Å². The molecular formula is C32H41N3O8S2. The van der Waals surface area contributed by atoms with E-state index in [9.17, 15) is 31.5 Å². The number of ether oxygens (including phenoxy) is 1. The summed E-state index contributed by atoms with van der Waals surface area (Å²) < 4.78 is 58.1. The first-order chi connectivity index (χ1) is 21.0. The number of nitrogens with one attached hydrogen (secondary N) is 3. The SMILES string of the molecule is COc1ccc(S(=O)(=O)C[C@H](NS(C)(=O)=O)C(=O)N[C@@H](Cc2ccccc2)[C@H](O)Cc2ccccc2C(=O)NC(C)(C)C)cc1. The number of sulfonamides is 1. The molecule has 0 aliphatic heterocycles. The average molecular weight is 660 g/mol. The topological polar surface area (TPSA) is 168 Å². The van der Waals surface area contributed by atoms with Gasteiger partial charge in [0.1, 0.15) is 11.8 Å². The van der Waals surface area contributed by atoms with Gasteiger partial charge in [0.25, 0.3) is 5.91 Å². The van der Waals surface area contributed by atoms with Gasteiger partial charge in [0, 0.05) is 17.5 Å². The minimum absolute atomic E-state index is 0.0279. The predicted molar refractivity (Wildman–Crippen MR) is 172 cm³/mol. The van der Waals surface area contributed by atoms with Crippen molar-refractivity contribution >= 4 is 31.7 Å². The number of sulfone groups is 1. The highest BCUT2D eigenvalue weighted by atomic mass is 32.2. The molecular weight excluding hydrogens is 618 g/mol. The molecule has 0 unspecified atom stereocenters. The molecule has 244 valence electrons. The van der Waals surface area contributed by atoms with Crippen LogP contribution in [0.15, 0.2) is 83.8 Å². The van der Waals surface area contributed by atoms with Gasteiger partial charge in [-0.25, -0.2) is 21.6 Å². The molecule has 2 amide bonds. The fourth-order valence-corrected chi connectivity index (χ4v) is 6.88. The molecule has 0 saturated carbocycles. The highest BCUT2D eigenvalue weighted by molar-refractivity contribution is 7.91. The Morgan fingerprint density at radius 1 is 0.867 bits per heavy atom. The van der Waals surface area contributed by atoms with Crippen molar-refractivity contribution in [2.45, 2.75) is 62.2 Å². The summed E-state index contributed by atoms with van der Waals surface area (Å²) in [6.45, 7) is 5.55. The van der Waals surface area contributed by atoms with Crippen LogP contribution in [0.5, 0.6) is 5.75 Å². The summed E-state index contributed by atoms with van der Waals surface area (Å²) in [6, 6.07) is 18.6. The molecule has 3 atom stereocenters. The van der Waals surface area contributed by atoms with Gasteiger partial charge in [0.15, 0.2) is 9.84 Å². The normalized spacial score (nSPS) is 14.2. The quantitative estimate of drug-likeness (QED) is 0.204. The zero-order valence-electron chi connectivity index (χ0n) is 26.0. The number of aliphatic hydroxyl groups excluding tert-OH is 1. The standard InChI is InChI=1S/C32H41N3O8S2/c1-32(2,3)34-30(37)26-14-10-9-13-23(26)20-29(36)27(19-22-11-7-6-8-12-22)33-31(38)28(35-44(5,39)40)21-45(41,42)25-17-15-24(43-4)16-18-25/h6-18,27-29,35-36H,19-21H2,1-5H3,(H,33,38)(H,34,37)/t27-,28-,29+/m0/s1. The van der Waals surface area contributed by atoms with Gasteiger partial charge in [-0.3, -0.25) is 9.59 Å². The summed E-state index contributed by atoms with van der Waals surface area (Å²) in [4.78, 5) is 26.5. The first-order valence-corrected chi connectivity index (χ1v) is 17.8. The van der Waals surface area contributed by atoms with Crippen molar-refractivity contribution in [3.8, 4) is 5.75 Å². The molecule has 0 spiro atoms. The van der Waals surface area contributed by atoms with Crippen molar-refractivity contribution < 1.29 is 36.3 Å². The molecule has 13 heteroatoms. The Morgan fingerprint density at radius 3 is 2.04 bits per heavy atom. The summed E-state index contributed by atoms with van der Waals surface area (Å²) >= 11 is 0. The third-order valence-corrected chi connectivity index (χ3v) is 9.22. The Bertz CT molecular complexity index is 1670. The van der Waals surface area contributed by atoms with Crippen LogP contribution in [-0.2, 0) is 37.5 Å². The fraction of sp³-hybridized carbons (Fsp3) is 0.375. The number of amides is 2. The lowest BCUT2D eigenvalue weighted by molar-refractivity contribution is -0.123. The zero-order valence-corrected chi connectivity index (χ0v) is 27.6. The molecule has 0 saturated heterocycles. The summed E-state index contributed by atoms with van der Waals surface area (Å²) in [5.74, 6) is -1.71. The zero-order chi connectivity index (χ0) is 33.4. The minimum Gasteiger partial charge on any atom is -0.497 e. The molecule has 0 aliphatic carbocycles. The van der Waals surface area contributed by atoms with E-state index in [4.69, 9.17) is 4.74 Å². The van der Waals surface area contributed by atoms with E-state index in [1.54, 1.807) is 48.5 Å². The lowest BCUT2D eigenvalue weighted by Crippen LogP contribution is -2.55. The third-order valence-electron chi connectivity index (χ3n) is 6.75. The van der Waals surface area contributed by atoms with Crippen molar-refractivity contribution in [1.29, 1.82) is 0 Å². The number of methoxy groups -OCH3 is 1. The van der Waals surface area contributed by atoms with Crippen LogP contribution < -0.4 is 20.1 Å². The van der Waals surface area contributed by atoms with Crippen LogP contribution in [0.2, 0.25) is 0 Å². The van der Waals surface area contributed by atoms with Gasteiger partial charge in [-0.15, -0.1) is 0 Å². The van der Waals surface area contributed by atoms with Crippen LogP contribution in [0, 0.1) is 0 Å². The molecule has 3 aromatic carbocycles. The average Bonchev–Trinajstić information content (AvgIpc) is 2.95. The highest BCUT2D eigenvalue weighted by Crippen LogP contribution is 2.19. The van der Waals surface area contributed by atoms with Crippen LogP contribution in [-0.4, -0.2) is 76.6 Å². The van der Waals surface area contributed by atoms with E-state index in [0.29, 0.717) is 16.9 Å². The number of aliphatic hydroxyl groups is 1. The maximum Gasteiger partial charge on any atom is 0.251 e. The van der Waals surface area contributed by atoms with Crippen LogP contribution in [0.1, 0.15) is 42.3 Å². The lowest BCUT2D eigenvalue weighted by atomic mass is 9.93. The Morgan fingerprint density at radius 2 is 1.47 bits per heavy atom. The van der Waals surface area contributed by atoms with E-state index in [1.165, 1.54) is 31.4 Å². The summed E-state index contributed by atoms with van der Waals surface area (Å²) in [5, 5.41) is 17.1. The molecule has 0 fully saturated rings. The van der Waals surface area contributed by atoms with Gasteiger partial charge in [-0.05, 0) is 68.7 Å². The first kappa shape index (κ1) is 35.7. The van der Waals surface area contributed by atoms with Gasteiger partial charge in [0.05, 0.1) is 36.2 Å². The van der Waals surface area contributed by atoms with E-state index >= 15 is 0 Å². The molecule has 0 bridgehead atoms. The Hall–Kier alpha value is -3.78. The molecule has 0 aliphatic rings. The van der Waals surface area contributed by atoms with Crippen LogP contribution >= 0.6 is 0 Å². The van der Waals surface area contributed by atoms with Gasteiger partial charge in [-0.1, -0.05) is 48.5 Å². The van der Waals surface area contributed by atoms with E-state index in [-0.39, 0.29) is 23.6 Å². The van der Waals surface area contributed by atoms with E-state index in [1.807, 2.05) is 26.8 Å². The second kappa shape index (κ2) is 15.0. The second-order valence-electron chi connectivity index (χ2n) is 11.8. The molecule has 0 aromatic heterocycles. The molecule has 0 heterocycles. The Kier molecular flexibility index (Phi) is 11.9. The maximum absolute atomic E-state index is 13.6. The molecule has 11 nitrogen and oxygen atoms in total. The predicted octanol–water partition coefficient (Wildman–Crippen LogP) is 2.25. The highest BCUT2D eigenvalue weighted by Gasteiger charge is 2.33. The second-order valence-corrected chi connectivity index (χ2v) is 15.7. The van der Waals surface area contributed by atoms with Crippen molar-refractivity contribution in [2.75, 3.05) is 19.1 Å². The van der Waals surface area contributed by atoms with Gasteiger partial charge in [0.2, 0.25) is 15.9 Å². The Labute approximate surface area is 265 Å². The van der Waals surface area contributed by atoms with Crippen molar-refractivity contribution in [3.05, 3.63) is 95.6 Å². The summed E-state index contributed by atoms with van der Waals surface area (Å²) in [7, 11) is -6.75. The molecule has 3 rings (SSSR count). The minimum atomic E-state index is -4.15. The first-order valence-electron chi connectivity index (χ1n) is 14.2. The van der Waals surface area contributed by atoms with E-state index < -0.39 is 55.2 Å². The number of benzene rings is 3. The summed E-state index contributed by atoms with van der Waals surface area (Å²) in [5.41, 5.74) is 1.16. The number of carbonyl (C=O) groups is 2. The van der Waals surface area contributed by atoms with Crippen molar-refractivity contribution in [1.82, 2.24) is 15.4 Å².